The molecule has 0 saturated heterocycles. The fraction of sp³-hybridized carbons (Fsp3) is 0.462. The highest BCUT2D eigenvalue weighted by Gasteiger charge is 2.43. The van der Waals surface area contributed by atoms with Gasteiger partial charge in [0.1, 0.15) is 0 Å². The summed E-state index contributed by atoms with van der Waals surface area (Å²) >= 11 is 0. The molecule has 0 N–H and O–H groups in total. The zero-order valence-electron chi connectivity index (χ0n) is 19.8. The SMILES string of the molecule is Cc1cccc(C)c1C(=O)P(=O)(CC(C)C)C(=O)c1c(C)cc(C(C)(C)C)cc1C. The molecule has 30 heavy (non-hydrogen) atoms. The van der Waals surface area contributed by atoms with Crippen molar-refractivity contribution in [1.29, 1.82) is 0 Å². The number of hydrogen-bond acceptors (Lipinski definition) is 3. The monoisotopic (exact) mass is 426 g/mol. The Kier molecular flexibility index (Phi) is 6.99. The van der Waals surface area contributed by atoms with Crippen LogP contribution in [0.5, 0.6) is 0 Å². The van der Waals surface area contributed by atoms with Crippen LogP contribution in [0.1, 0.15) is 83.2 Å². The molecule has 2 rings (SSSR count). The maximum absolute atomic E-state index is 14.2. The van der Waals surface area contributed by atoms with Crippen LogP contribution in [0.2, 0.25) is 0 Å². The normalized spacial score (nSPS) is 13.9. The molecule has 0 saturated carbocycles. The molecule has 0 bridgehead atoms. The van der Waals surface area contributed by atoms with Crippen molar-refractivity contribution in [2.24, 2.45) is 5.92 Å². The van der Waals surface area contributed by atoms with Crippen LogP contribution in [0.3, 0.4) is 0 Å². The van der Waals surface area contributed by atoms with Gasteiger partial charge < -0.3 is 4.57 Å². The molecule has 0 heterocycles. The van der Waals surface area contributed by atoms with Gasteiger partial charge in [0.2, 0.25) is 18.2 Å². The lowest BCUT2D eigenvalue weighted by atomic mass is 9.84. The standard InChI is InChI=1S/C26H35O3P/c1-16(2)15-30(29,24(27)22-17(3)11-10-12-18(22)4)25(28)23-19(5)13-21(14-20(23)6)26(7,8)9/h10-14,16H,15H2,1-9H3. The zero-order chi connectivity index (χ0) is 23.0. The molecule has 0 aromatic heterocycles. The maximum Gasteiger partial charge on any atom is 0.229 e. The molecular formula is C26H35O3P. The Hall–Kier alpha value is -1.99. The molecular weight excluding hydrogens is 391 g/mol. The van der Waals surface area contributed by atoms with Gasteiger partial charge in [0, 0.05) is 17.3 Å². The largest absolute Gasteiger partial charge is 0.307 e. The molecule has 0 aliphatic carbocycles. The Morgan fingerprint density at radius 2 is 1.23 bits per heavy atom. The second-order valence-corrected chi connectivity index (χ2v) is 12.6. The van der Waals surface area contributed by atoms with Crippen LogP contribution in [-0.4, -0.2) is 17.2 Å². The van der Waals surface area contributed by atoms with E-state index in [9.17, 15) is 14.2 Å². The van der Waals surface area contributed by atoms with E-state index in [2.05, 4.69) is 20.8 Å². The summed E-state index contributed by atoms with van der Waals surface area (Å²) in [5, 5.41) is 0. The van der Waals surface area contributed by atoms with Gasteiger partial charge in [0.15, 0.2) is 0 Å². The summed E-state index contributed by atoms with van der Waals surface area (Å²) in [7, 11) is -3.84. The lowest BCUT2D eigenvalue weighted by molar-refractivity contribution is 0.103. The molecule has 4 heteroatoms. The minimum Gasteiger partial charge on any atom is -0.307 e. The van der Waals surface area contributed by atoms with Crippen molar-refractivity contribution in [2.75, 3.05) is 6.16 Å². The first-order chi connectivity index (χ1) is 13.7. The quantitative estimate of drug-likeness (QED) is 0.458. The van der Waals surface area contributed by atoms with Crippen LogP contribution >= 0.6 is 7.14 Å². The molecule has 162 valence electrons. The summed E-state index contributed by atoms with van der Waals surface area (Å²) in [5.74, 6) is -0.0393. The number of carbonyl (C=O) groups excluding carboxylic acids is 2. The lowest BCUT2D eigenvalue weighted by Crippen LogP contribution is -2.20. The Morgan fingerprint density at radius 1 is 0.833 bits per heavy atom. The van der Waals surface area contributed by atoms with Crippen molar-refractivity contribution >= 4 is 18.2 Å². The minimum atomic E-state index is -3.84. The van der Waals surface area contributed by atoms with Gasteiger partial charge in [-0.1, -0.05) is 65.0 Å². The summed E-state index contributed by atoms with van der Waals surface area (Å²) in [6.07, 6.45) is 0.0817. The van der Waals surface area contributed by atoms with Gasteiger partial charge in [-0.05, 0) is 66.8 Å². The molecule has 2 aromatic rings. The van der Waals surface area contributed by atoms with Gasteiger partial charge in [0.05, 0.1) is 0 Å². The summed E-state index contributed by atoms with van der Waals surface area (Å²) in [4.78, 5) is 27.4. The molecule has 3 nitrogen and oxygen atoms in total. The van der Waals surface area contributed by atoms with Crippen molar-refractivity contribution in [2.45, 2.75) is 67.7 Å². The van der Waals surface area contributed by atoms with Crippen molar-refractivity contribution in [3.05, 3.63) is 69.3 Å². The van der Waals surface area contributed by atoms with E-state index in [4.69, 9.17) is 0 Å². The summed E-state index contributed by atoms with van der Waals surface area (Å²) < 4.78 is 14.2. The van der Waals surface area contributed by atoms with Crippen molar-refractivity contribution in [3.8, 4) is 0 Å². The number of carbonyl (C=O) groups is 2. The Bertz CT molecular complexity index is 995. The highest BCUT2D eigenvalue weighted by Crippen LogP contribution is 2.54. The zero-order valence-corrected chi connectivity index (χ0v) is 20.7. The molecule has 0 amide bonds. The predicted molar refractivity (Wildman–Crippen MR) is 127 cm³/mol. The molecule has 0 aliphatic heterocycles. The van der Waals surface area contributed by atoms with Crippen molar-refractivity contribution in [3.63, 3.8) is 0 Å². The summed E-state index contributed by atoms with van der Waals surface area (Å²) in [5.41, 5.74) is 3.99. The number of benzene rings is 2. The van der Waals surface area contributed by atoms with E-state index in [1.54, 1.807) is 0 Å². The van der Waals surface area contributed by atoms with E-state index >= 15 is 0 Å². The topological polar surface area (TPSA) is 51.2 Å². The lowest BCUT2D eigenvalue weighted by Gasteiger charge is -2.24. The second kappa shape index (κ2) is 8.63. The second-order valence-electron chi connectivity index (χ2n) is 9.93. The predicted octanol–water partition coefficient (Wildman–Crippen LogP) is 7.22. The van der Waals surface area contributed by atoms with Gasteiger partial charge in [-0.3, -0.25) is 9.59 Å². The fourth-order valence-electron chi connectivity index (χ4n) is 4.02. The van der Waals surface area contributed by atoms with E-state index in [-0.39, 0.29) is 17.5 Å². The van der Waals surface area contributed by atoms with E-state index in [1.165, 1.54) is 0 Å². The van der Waals surface area contributed by atoms with Crippen LogP contribution in [0.15, 0.2) is 30.3 Å². The van der Waals surface area contributed by atoms with Gasteiger partial charge in [-0.2, -0.15) is 0 Å². The van der Waals surface area contributed by atoms with E-state index in [0.717, 1.165) is 27.8 Å². The third-order valence-electron chi connectivity index (χ3n) is 5.59. The first kappa shape index (κ1) is 24.3. The third kappa shape index (κ3) is 4.67. The Labute approximate surface area is 181 Å². The van der Waals surface area contributed by atoms with Crippen LogP contribution in [0, 0.1) is 33.6 Å². The summed E-state index contributed by atoms with van der Waals surface area (Å²) in [6.45, 7) is 17.6. The van der Waals surface area contributed by atoms with E-state index in [1.807, 2.05) is 71.9 Å². The van der Waals surface area contributed by atoms with E-state index < -0.39 is 18.2 Å². The molecule has 2 aromatic carbocycles. The fourth-order valence-corrected chi connectivity index (χ4v) is 6.99. The molecule has 0 spiro atoms. The highest BCUT2D eigenvalue weighted by molar-refractivity contribution is 7.95. The highest BCUT2D eigenvalue weighted by atomic mass is 31.2. The van der Waals surface area contributed by atoms with Crippen molar-refractivity contribution < 1.29 is 14.2 Å². The maximum atomic E-state index is 14.2. The molecule has 0 aliphatic rings. The minimum absolute atomic E-state index is 0.0393. The van der Waals surface area contributed by atoms with Crippen LogP contribution in [-0.2, 0) is 9.98 Å². The first-order valence-corrected chi connectivity index (χ1v) is 12.5. The average molecular weight is 427 g/mol. The first-order valence-electron chi connectivity index (χ1n) is 10.6. The molecule has 0 radical (unpaired) electrons. The third-order valence-corrected chi connectivity index (χ3v) is 8.59. The number of rotatable bonds is 6. The van der Waals surface area contributed by atoms with Crippen molar-refractivity contribution in [1.82, 2.24) is 0 Å². The number of aryl methyl sites for hydroxylation is 4. The van der Waals surface area contributed by atoms with Crippen LogP contribution < -0.4 is 0 Å². The average Bonchev–Trinajstić information content (AvgIpc) is 2.59. The molecule has 1 unspecified atom stereocenters. The van der Waals surface area contributed by atoms with Gasteiger partial charge in [-0.15, -0.1) is 0 Å². The molecule has 0 fully saturated rings. The van der Waals surface area contributed by atoms with Gasteiger partial charge >= 0.3 is 0 Å². The smallest absolute Gasteiger partial charge is 0.229 e. The van der Waals surface area contributed by atoms with Crippen LogP contribution in [0.25, 0.3) is 0 Å². The Morgan fingerprint density at radius 3 is 1.60 bits per heavy atom. The van der Waals surface area contributed by atoms with E-state index in [0.29, 0.717) is 11.1 Å². The van der Waals surface area contributed by atoms with Crippen LogP contribution in [0.4, 0.5) is 0 Å². The van der Waals surface area contributed by atoms with Gasteiger partial charge in [-0.25, -0.2) is 0 Å². The Balaban J connectivity index is 2.70. The van der Waals surface area contributed by atoms with Gasteiger partial charge in [0.25, 0.3) is 0 Å². The summed E-state index contributed by atoms with van der Waals surface area (Å²) in [6, 6.07) is 9.52. The molecule has 1 atom stereocenters. The number of hydrogen-bond donors (Lipinski definition) is 0.